The molecule has 0 bridgehead atoms. The van der Waals surface area contributed by atoms with Crippen molar-refractivity contribution in [2.24, 2.45) is 0 Å². The van der Waals surface area contributed by atoms with E-state index in [2.05, 4.69) is 0 Å². The highest BCUT2D eigenvalue weighted by Gasteiger charge is 2.10. The van der Waals surface area contributed by atoms with Gasteiger partial charge in [0.2, 0.25) is 0 Å². The molecule has 0 aromatic carbocycles. The largest absolute Gasteiger partial charge is 0.373 e. The van der Waals surface area contributed by atoms with Gasteiger partial charge in [-0.2, -0.15) is 0 Å². The topological polar surface area (TPSA) is 33.1 Å². The first-order chi connectivity index (χ1) is 3.43. The standard InChI is InChI=1S/C5H9NO/c6-4-5-2-1-3-7-5/h4-6H,1-3H2/t5-/m0/s1. The van der Waals surface area contributed by atoms with E-state index in [4.69, 9.17) is 10.1 Å². The van der Waals surface area contributed by atoms with Crippen molar-refractivity contribution in [3.05, 3.63) is 0 Å². The Morgan fingerprint density at radius 2 is 2.57 bits per heavy atom. The Bertz CT molecular complexity index is 66.5. The van der Waals surface area contributed by atoms with Crippen LogP contribution >= 0.6 is 0 Å². The molecule has 1 atom stereocenters. The van der Waals surface area contributed by atoms with Crippen LogP contribution < -0.4 is 0 Å². The Morgan fingerprint density at radius 3 is 2.86 bits per heavy atom. The van der Waals surface area contributed by atoms with Crippen LogP contribution in [0, 0.1) is 5.41 Å². The van der Waals surface area contributed by atoms with Gasteiger partial charge in [0, 0.05) is 12.8 Å². The zero-order valence-electron chi connectivity index (χ0n) is 4.18. The second-order valence-electron chi connectivity index (χ2n) is 1.72. The van der Waals surface area contributed by atoms with Gasteiger partial charge in [0.15, 0.2) is 0 Å². The summed E-state index contributed by atoms with van der Waals surface area (Å²) in [6, 6.07) is 0. The normalized spacial score (nSPS) is 30.6. The monoisotopic (exact) mass is 99.1 g/mol. The number of hydrogen-bond donors (Lipinski definition) is 1. The van der Waals surface area contributed by atoms with Crippen LogP contribution in [0.4, 0.5) is 0 Å². The summed E-state index contributed by atoms with van der Waals surface area (Å²) in [5, 5.41) is 6.75. The van der Waals surface area contributed by atoms with E-state index < -0.39 is 0 Å². The van der Waals surface area contributed by atoms with E-state index in [9.17, 15) is 0 Å². The zero-order chi connectivity index (χ0) is 5.11. The second-order valence-corrected chi connectivity index (χ2v) is 1.72. The molecule has 40 valence electrons. The summed E-state index contributed by atoms with van der Waals surface area (Å²) >= 11 is 0. The molecule has 1 aliphatic rings. The number of nitrogens with one attached hydrogen (secondary N) is 1. The second kappa shape index (κ2) is 2.07. The van der Waals surface area contributed by atoms with Gasteiger partial charge in [-0.1, -0.05) is 0 Å². The Balaban J connectivity index is 2.26. The fourth-order valence-corrected chi connectivity index (χ4v) is 0.734. The lowest BCUT2D eigenvalue weighted by Crippen LogP contribution is -2.03. The highest BCUT2D eigenvalue weighted by molar-refractivity contribution is 5.59. The van der Waals surface area contributed by atoms with Crippen LogP contribution in [0.25, 0.3) is 0 Å². The molecule has 1 rings (SSSR count). The molecule has 0 aliphatic carbocycles. The molecule has 0 radical (unpaired) electrons. The van der Waals surface area contributed by atoms with Crippen molar-refractivity contribution in [2.45, 2.75) is 18.9 Å². The molecule has 0 spiro atoms. The van der Waals surface area contributed by atoms with E-state index >= 15 is 0 Å². The Hall–Kier alpha value is -0.370. The molecule has 1 aliphatic heterocycles. The van der Waals surface area contributed by atoms with Crippen molar-refractivity contribution < 1.29 is 4.74 Å². The third-order valence-corrected chi connectivity index (χ3v) is 1.15. The van der Waals surface area contributed by atoms with Gasteiger partial charge in [-0.05, 0) is 12.8 Å². The van der Waals surface area contributed by atoms with E-state index in [1.165, 1.54) is 6.21 Å². The fraction of sp³-hybridized carbons (Fsp3) is 0.800. The van der Waals surface area contributed by atoms with Crippen molar-refractivity contribution in [2.75, 3.05) is 6.61 Å². The van der Waals surface area contributed by atoms with Crippen LogP contribution in [-0.4, -0.2) is 18.9 Å². The van der Waals surface area contributed by atoms with Crippen molar-refractivity contribution in [3.8, 4) is 0 Å². The minimum absolute atomic E-state index is 0.139. The van der Waals surface area contributed by atoms with E-state index in [1.54, 1.807) is 0 Å². The highest BCUT2D eigenvalue weighted by Crippen LogP contribution is 2.08. The summed E-state index contributed by atoms with van der Waals surface area (Å²) in [4.78, 5) is 0. The lowest BCUT2D eigenvalue weighted by molar-refractivity contribution is 0.161. The molecule has 1 saturated heterocycles. The summed E-state index contributed by atoms with van der Waals surface area (Å²) in [6.07, 6.45) is 3.68. The molecule has 0 aromatic rings. The molecule has 1 heterocycles. The van der Waals surface area contributed by atoms with Crippen LogP contribution in [0.1, 0.15) is 12.8 Å². The Kier molecular flexibility index (Phi) is 1.42. The van der Waals surface area contributed by atoms with Crippen molar-refractivity contribution in [3.63, 3.8) is 0 Å². The predicted octanol–water partition coefficient (Wildman–Crippen LogP) is 0.815. The highest BCUT2D eigenvalue weighted by atomic mass is 16.5. The lowest BCUT2D eigenvalue weighted by atomic mass is 10.3. The first kappa shape index (κ1) is 4.78. The van der Waals surface area contributed by atoms with Crippen molar-refractivity contribution in [1.82, 2.24) is 0 Å². The summed E-state index contributed by atoms with van der Waals surface area (Å²) in [6.45, 7) is 0.847. The SMILES string of the molecule is N=C[C@@H]1CCCO1. The Morgan fingerprint density at radius 1 is 1.71 bits per heavy atom. The van der Waals surface area contributed by atoms with Gasteiger partial charge in [0.25, 0.3) is 0 Å². The number of rotatable bonds is 1. The van der Waals surface area contributed by atoms with E-state index in [0.29, 0.717) is 0 Å². The molecular weight excluding hydrogens is 90.1 g/mol. The lowest BCUT2D eigenvalue weighted by Gasteiger charge is -1.95. The fourth-order valence-electron chi connectivity index (χ4n) is 0.734. The average Bonchev–Trinajstić information content (AvgIpc) is 2.14. The number of ether oxygens (including phenoxy) is 1. The maximum absolute atomic E-state index is 6.75. The van der Waals surface area contributed by atoms with Crippen LogP contribution in [0.2, 0.25) is 0 Å². The van der Waals surface area contributed by atoms with Crippen molar-refractivity contribution >= 4 is 6.21 Å². The first-order valence-electron chi connectivity index (χ1n) is 2.55. The molecule has 0 amide bonds. The zero-order valence-corrected chi connectivity index (χ0v) is 4.18. The summed E-state index contributed by atoms with van der Waals surface area (Å²) in [5.74, 6) is 0. The molecule has 0 aromatic heterocycles. The predicted molar refractivity (Wildman–Crippen MR) is 27.8 cm³/mol. The van der Waals surface area contributed by atoms with Gasteiger partial charge >= 0.3 is 0 Å². The van der Waals surface area contributed by atoms with Gasteiger partial charge in [0.05, 0.1) is 6.10 Å². The van der Waals surface area contributed by atoms with Crippen molar-refractivity contribution in [1.29, 1.82) is 5.41 Å². The van der Waals surface area contributed by atoms with E-state index in [1.807, 2.05) is 0 Å². The summed E-state index contributed by atoms with van der Waals surface area (Å²) < 4.78 is 5.06. The molecule has 2 heteroatoms. The molecule has 2 nitrogen and oxygen atoms in total. The molecule has 1 N–H and O–H groups in total. The summed E-state index contributed by atoms with van der Waals surface area (Å²) in [5.41, 5.74) is 0. The van der Waals surface area contributed by atoms with Gasteiger partial charge < -0.3 is 10.1 Å². The quantitative estimate of drug-likeness (QED) is 0.485. The molecule has 0 unspecified atom stereocenters. The first-order valence-corrected chi connectivity index (χ1v) is 2.55. The third-order valence-electron chi connectivity index (χ3n) is 1.15. The molecule has 0 saturated carbocycles. The molecule has 7 heavy (non-hydrogen) atoms. The minimum atomic E-state index is 0.139. The molecule has 1 fully saturated rings. The van der Waals surface area contributed by atoms with Gasteiger partial charge in [-0.15, -0.1) is 0 Å². The van der Waals surface area contributed by atoms with Crippen LogP contribution in [0.5, 0.6) is 0 Å². The van der Waals surface area contributed by atoms with Gasteiger partial charge in [-0.3, -0.25) is 0 Å². The Labute approximate surface area is 43.0 Å². The number of hydrogen-bond acceptors (Lipinski definition) is 2. The van der Waals surface area contributed by atoms with Crippen LogP contribution in [0.3, 0.4) is 0 Å². The summed E-state index contributed by atoms with van der Waals surface area (Å²) in [7, 11) is 0. The van der Waals surface area contributed by atoms with Gasteiger partial charge in [-0.25, -0.2) is 0 Å². The van der Waals surface area contributed by atoms with Gasteiger partial charge in [0.1, 0.15) is 0 Å². The smallest absolute Gasteiger partial charge is 0.0919 e. The third kappa shape index (κ3) is 0.996. The maximum atomic E-state index is 6.75. The minimum Gasteiger partial charge on any atom is -0.373 e. The van der Waals surface area contributed by atoms with E-state index in [-0.39, 0.29) is 6.10 Å². The van der Waals surface area contributed by atoms with E-state index in [0.717, 1.165) is 19.4 Å². The molecular formula is C5H9NO. The maximum Gasteiger partial charge on any atom is 0.0919 e. The van der Waals surface area contributed by atoms with Crippen LogP contribution in [0.15, 0.2) is 0 Å². The average molecular weight is 99.1 g/mol. The van der Waals surface area contributed by atoms with Crippen LogP contribution in [-0.2, 0) is 4.74 Å².